The van der Waals surface area contributed by atoms with Crippen molar-refractivity contribution in [3.63, 3.8) is 0 Å². The highest BCUT2D eigenvalue weighted by atomic mass is 16.1. The van der Waals surface area contributed by atoms with E-state index in [4.69, 9.17) is 0 Å². The molecule has 0 saturated heterocycles. The lowest BCUT2D eigenvalue weighted by Gasteiger charge is -2.03. The lowest BCUT2D eigenvalue weighted by Crippen LogP contribution is -2.25. The van der Waals surface area contributed by atoms with Gasteiger partial charge in [-0.15, -0.1) is 0 Å². The molecule has 0 aliphatic carbocycles. The van der Waals surface area contributed by atoms with E-state index < -0.39 is 0 Å². The fourth-order valence-corrected chi connectivity index (χ4v) is 2.49. The molecule has 0 radical (unpaired) electrons. The number of imidazole rings is 1. The summed E-state index contributed by atoms with van der Waals surface area (Å²) in [5.74, 6) is 0.139. The van der Waals surface area contributed by atoms with Gasteiger partial charge in [-0.25, -0.2) is 4.98 Å². The van der Waals surface area contributed by atoms with Crippen molar-refractivity contribution in [1.82, 2.24) is 15.3 Å². The summed E-state index contributed by atoms with van der Waals surface area (Å²) in [5.41, 5.74) is 1.05. The van der Waals surface area contributed by atoms with E-state index in [0.717, 1.165) is 57.1 Å². The van der Waals surface area contributed by atoms with E-state index in [-0.39, 0.29) is 5.91 Å². The van der Waals surface area contributed by atoms with Gasteiger partial charge in [-0.1, -0.05) is 55.5 Å². The second-order valence-electron chi connectivity index (χ2n) is 6.42. The van der Waals surface area contributed by atoms with Crippen LogP contribution < -0.4 is 5.32 Å². The van der Waals surface area contributed by atoms with E-state index in [9.17, 15) is 4.79 Å². The minimum absolute atomic E-state index is 0.139. The number of allylic oxidation sites excluding steroid dienone is 8. The summed E-state index contributed by atoms with van der Waals surface area (Å²) in [5, 5.41) is 2.95. The summed E-state index contributed by atoms with van der Waals surface area (Å²) in [7, 11) is 0. The van der Waals surface area contributed by atoms with Gasteiger partial charge in [-0.2, -0.15) is 0 Å². The Morgan fingerprint density at radius 1 is 1.00 bits per heavy atom. The van der Waals surface area contributed by atoms with Crippen molar-refractivity contribution in [3.05, 3.63) is 66.8 Å². The summed E-state index contributed by atoms with van der Waals surface area (Å²) >= 11 is 0. The Kier molecular flexibility index (Phi) is 14.3. The second kappa shape index (κ2) is 17.1. The summed E-state index contributed by atoms with van der Waals surface area (Å²) in [6, 6.07) is 0. The highest BCUT2D eigenvalue weighted by Gasteiger charge is 2.00. The lowest BCUT2D eigenvalue weighted by molar-refractivity contribution is -0.121. The molecule has 0 aromatic carbocycles. The van der Waals surface area contributed by atoms with Crippen LogP contribution in [0.2, 0.25) is 0 Å². The average Bonchev–Trinajstić information content (AvgIpc) is 3.18. The molecule has 0 saturated carbocycles. The zero-order valence-electron chi connectivity index (χ0n) is 16.7. The van der Waals surface area contributed by atoms with E-state index in [1.807, 2.05) is 0 Å². The monoisotopic (exact) mass is 369 g/mol. The Morgan fingerprint density at radius 3 is 2.30 bits per heavy atom. The summed E-state index contributed by atoms with van der Waals surface area (Å²) in [6.07, 6.45) is 29.7. The normalized spacial score (nSPS) is 12.2. The molecule has 4 nitrogen and oxygen atoms in total. The number of unbranched alkanes of at least 4 members (excludes halogenated alkanes) is 2. The molecule has 0 aliphatic heterocycles. The fraction of sp³-hybridized carbons (Fsp3) is 0.478. The third kappa shape index (κ3) is 14.5. The molecule has 0 spiro atoms. The van der Waals surface area contributed by atoms with Crippen LogP contribution in [0.15, 0.2) is 61.1 Å². The first-order valence-corrected chi connectivity index (χ1v) is 10.2. The van der Waals surface area contributed by atoms with Crippen molar-refractivity contribution in [1.29, 1.82) is 0 Å². The van der Waals surface area contributed by atoms with Gasteiger partial charge in [0.25, 0.3) is 0 Å². The van der Waals surface area contributed by atoms with Crippen molar-refractivity contribution in [3.8, 4) is 0 Å². The maximum Gasteiger partial charge on any atom is 0.220 e. The van der Waals surface area contributed by atoms with Crippen molar-refractivity contribution >= 4 is 5.91 Å². The largest absolute Gasteiger partial charge is 0.356 e. The van der Waals surface area contributed by atoms with Crippen LogP contribution in [0.1, 0.15) is 64.0 Å². The van der Waals surface area contributed by atoms with Crippen LogP contribution in [0.25, 0.3) is 0 Å². The number of carbonyl (C=O) groups excluding carboxylic acids is 1. The second-order valence-corrected chi connectivity index (χ2v) is 6.42. The molecule has 0 fully saturated rings. The molecule has 1 aromatic heterocycles. The SMILES string of the molecule is CC/C=C\C/C=C\C/C=C\C/C=C\CCCCC(=O)NCCc1cnc[nH]1. The first-order valence-electron chi connectivity index (χ1n) is 10.2. The van der Waals surface area contributed by atoms with Crippen LogP contribution in [0, 0.1) is 0 Å². The number of hydrogen-bond donors (Lipinski definition) is 2. The first kappa shape index (κ1) is 22.7. The van der Waals surface area contributed by atoms with Gasteiger partial charge in [-0.3, -0.25) is 4.79 Å². The molecule has 4 heteroatoms. The minimum atomic E-state index is 0.139. The fourth-order valence-electron chi connectivity index (χ4n) is 2.49. The van der Waals surface area contributed by atoms with Gasteiger partial charge in [0.1, 0.15) is 0 Å². The molecule has 0 atom stereocenters. The average molecular weight is 370 g/mol. The molecule has 1 rings (SSSR count). The molecule has 148 valence electrons. The molecule has 1 heterocycles. The van der Waals surface area contributed by atoms with Crippen molar-refractivity contribution in [2.45, 2.75) is 64.7 Å². The number of H-pyrrole nitrogens is 1. The third-order valence-electron chi connectivity index (χ3n) is 4.01. The Morgan fingerprint density at radius 2 is 1.67 bits per heavy atom. The smallest absolute Gasteiger partial charge is 0.220 e. The van der Waals surface area contributed by atoms with E-state index in [1.54, 1.807) is 12.5 Å². The number of carbonyl (C=O) groups is 1. The summed E-state index contributed by atoms with van der Waals surface area (Å²) < 4.78 is 0. The van der Waals surface area contributed by atoms with Gasteiger partial charge in [0, 0.05) is 31.3 Å². The standard InChI is InChI=1S/C23H35N3O/c1-2-3-4-5-6-7-8-9-10-11-12-13-14-15-16-17-23(27)25-19-18-22-20-24-21-26-22/h3-4,6-7,9-10,12-13,20-21H,2,5,8,11,14-19H2,1H3,(H,24,26)(H,25,27)/b4-3-,7-6-,10-9-,13-12-. The maximum atomic E-state index is 11.7. The van der Waals surface area contributed by atoms with Crippen LogP contribution in [-0.2, 0) is 11.2 Å². The lowest BCUT2D eigenvalue weighted by atomic mass is 10.1. The molecule has 0 bridgehead atoms. The van der Waals surface area contributed by atoms with Crippen LogP contribution >= 0.6 is 0 Å². The number of hydrogen-bond acceptors (Lipinski definition) is 2. The number of aromatic nitrogens is 2. The predicted octanol–water partition coefficient (Wildman–Crippen LogP) is 5.43. The molecule has 27 heavy (non-hydrogen) atoms. The predicted molar refractivity (Wildman–Crippen MR) is 114 cm³/mol. The number of nitrogens with zero attached hydrogens (tertiary/aromatic N) is 1. The Balaban J connectivity index is 1.90. The highest BCUT2D eigenvalue weighted by molar-refractivity contribution is 5.75. The van der Waals surface area contributed by atoms with Gasteiger partial charge < -0.3 is 10.3 Å². The van der Waals surface area contributed by atoms with Crippen molar-refractivity contribution < 1.29 is 4.79 Å². The third-order valence-corrected chi connectivity index (χ3v) is 4.01. The molecule has 2 N–H and O–H groups in total. The Labute approximate surface area is 164 Å². The van der Waals surface area contributed by atoms with Gasteiger partial charge in [0.15, 0.2) is 0 Å². The van der Waals surface area contributed by atoms with Crippen LogP contribution in [0.5, 0.6) is 0 Å². The number of nitrogens with one attached hydrogen (secondary N) is 2. The Bertz CT molecular complexity index is 583. The van der Waals surface area contributed by atoms with E-state index in [0.29, 0.717) is 13.0 Å². The van der Waals surface area contributed by atoms with Gasteiger partial charge in [-0.05, 0) is 44.9 Å². The van der Waals surface area contributed by atoms with Crippen LogP contribution in [0.3, 0.4) is 0 Å². The van der Waals surface area contributed by atoms with Crippen LogP contribution in [0.4, 0.5) is 0 Å². The molecular formula is C23H35N3O. The van der Waals surface area contributed by atoms with Gasteiger partial charge >= 0.3 is 0 Å². The molecule has 1 amide bonds. The Hall–Kier alpha value is -2.36. The van der Waals surface area contributed by atoms with Gasteiger partial charge in [0.2, 0.25) is 5.91 Å². The number of amides is 1. The van der Waals surface area contributed by atoms with Crippen molar-refractivity contribution in [2.24, 2.45) is 0 Å². The molecular weight excluding hydrogens is 334 g/mol. The summed E-state index contributed by atoms with van der Waals surface area (Å²) in [6.45, 7) is 2.82. The van der Waals surface area contributed by atoms with E-state index in [2.05, 4.69) is 70.8 Å². The van der Waals surface area contributed by atoms with E-state index in [1.165, 1.54) is 0 Å². The quantitative estimate of drug-likeness (QED) is 0.320. The van der Waals surface area contributed by atoms with Gasteiger partial charge in [0.05, 0.1) is 6.33 Å². The zero-order valence-corrected chi connectivity index (χ0v) is 16.7. The van der Waals surface area contributed by atoms with Crippen LogP contribution in [-0.4, -0.2) is 22.4 Å². The molecule has 0 unspecified atom stereocenters. The molecule has 0 aliphatic rings. The maximum absolute atomic E-state index is 11.7. The van der Waals surface area contributed by atoms with Crippen molar-refractivity contribution in [2.75, 3.05) is 6.54 Å². The first-order chi connectivity index (χ1) is 13.3. The number of rotatable bonds is 15. The minimum Gasteiger partial charge on any atom is -0.356 e. The van der Waals surface area contributed by atoms with E-state index >= 15 is 0 Å². The highest BCUT2D eigenvalue weighted by Crippen LogP contribution is 2.02. The molecule has 1 aromatic rings. The number of aromatic amines is 1. The summed E-state index contributed by atoms with van der Waals surface area (Å²) in [4.78, 5) is 18.7. The zero-order chi connectivity index (χ0) is 19.4. The topological polar surface area (TPSA) is 57.8 Å².